The first-order valence-corrected chi connectivity index (χ1v) is 11.9. The number of carbonyl (C=O) groups is 2. The third kappa shape index (κ3) is 4.92. The highest BCUT2D eigenvalue weighted by molar-refractivity contribution is 5.93. The quantitative estimate of drug-likeness (QED) is 0.584. The number of nitrogens with zero attached hydrogens (tertiary/aromatic N) is 4. The third-order valence-corrected chi connectivity index (χ3v) is 6.76. The first-order chi connectivity index (χ1) is 16.4. The summed E-state index contributed by atoms with van der Waals surface area (Å²) in [6.07, 6.45) is 0.282. The standard InChI is InChI=1S/C26H33N5O3/c1-4-30-22-10-5-6-11-23(22)31(26(30)34)13-12-25(33)29-16-14-28(15-17-29)18-24(32)27-21-9-7-8-19(2)20(21)3/h5-11H,4,12-18H2,1-3H3,(H,27,32). The van der Waals surface area contributed by atoms with Gasteiger partial charge >= 0.3 is 5.69 Å². The summed E-state index contributed by atoms with van der Waals surface area (Å²) in [5.74, 6) is -0.000109. The van der Waals surface area contributed by atoms with Crippen molar-refractivity contribution in [2.75, 3.05) is 38.0 Å². The van der Waals surface area contributed by atoms with Gasteiger partial charge in [0.25, 0.3) is 0 Å². The molecule has 0 radical (unpaired) electrons. The van der Waals surface area contributed by atoms with E-state index in [1.54, 1.807) is 9.13 Å². The first kappa shape index (κ1) is 23.8. The maximum absolute atomic E-state index is 12.8. The largest absolute Gasteiger partial charge is 0.340 e. The lowest BCUT2D eigenvalue weighted by Gasteiger charge is -2.34. The summed E-state index contributed by atoms with van der Waals surface area (Å²) < 4.78 is 3.44. The molecule has 180 valence electrons. The topological polar surface area (TPSA) is 79.6 Å². The van der Waals surface area contributed by atoms with Gasteiger partial charge in [-0.15, -0.1) is 0 Å². The summed E-state index contributed by atoms with van der Waals surface area (Å²) in [4.78, 5) is 42.0. The number of aryl methyl sites for hydroxylation is 3. The molecule has 0 bridgehead atoms. The maximum atomic E-state index is 12.8. The minimum Gasteiger partial charge on any atom is -0.340 e. The van der Waals surface area contributed by atoms with Crippen LogP contribution in [0, 0.1) is 13.8 Å². The Morgan fingerprint density at radius 2 is 1.59 bits per heavy atom. The van der Waals surface area contributed by atoms with Gasteiger partial charge in [-0.25, -0.2) is 4.79 Å². The molecular weight excluding hydrogens is 430 g/mol. The van der Waals surface area contributed by atoms with Crippen LogP contribution in [-0.4, -0.2) is 63.5 Å². The predicted octanol–water partition coefficient (Wildman–Crippen LogP) is 2.61. The number of anilines is 1. The number of imidazole rings is 1. The fourth-order valence-electron chi connectivity index (χ4n) is 4.59. The number of fused-ring (bicyclic) bond motifs is 1. The average molecular weight is 464 g/mol. The minimum absolute atomic E-state index is 0.0414. The molecule has 0 atom stereocenters. The molecule has 0 spiro atoms. The Morgan fingerprint density at radius 3 is 2.26 bits per heavy atom. The Bertz CT molecular complexity index is 1250. The fourth-order valence-corrected chi connectivity index (χ4v) is 4.59. The van der Waals surface area contributed by atoms with Crippen LogP contribution in [0.4, 0.5) is 5.69 Å². The van der Waals surface area contributed by atoms with Gasteiger partial charge in [0.05, 0.1) is 17.6 Å². The lowest BCUT2D eigenvalue weighted by Crippen LogP contribution is -2.50. The van der Waals surface area contributed by atoms with Crippen LogP contribution >= 0.6 is 0 Å². The number of piperazine rings is 1. The molecule has 0 unspecified atom stereocenters. The highest BCUT2D eigenvalue weighted by Gasteiger charge is 2.23. The molecule has 1 fully saturated rings. The Hall–Kier alpha value is -3.39. The summed E-state index contributed by atoms with van der Waals surface area (Å²) in [6, 6.07) is 13.6. The molecule has 1 aliphatic rings. The van der Waals surface area contributed by atoms with Crippen LogP contribution in [0.25, 0.3) is 11.0 Å². The minimum atomic E-state index is -0.0730. The van der Waals surface area contributed by atoms with Crippen LogP contribution < -0.4 is 11.0 Å². The van der Waals surface area contributed by atoms with Crippen LogP contribution in [0.1, 0.15) is 24.5 Å². The number of nitrogens with one attached hydrogen (secondary N) is 1. The zero-order valence-corrected chi connectivity index (χ0v) is 20.2. The van der Waals surface area contributed by atoms with Gasteiger partial charge in [0, 0.05) is 51.4 Å². The van der Waals surface area contributed by atoms with Gasteiger partial charge in [-0.05, 0) is 50.1 Å². The van der Waals surface area contributed by atoms with Crippen LogP contribution in [0.3, 0.4) is 0 Å². The summed E-state index contributed by atoms with van der Waals surface area (Å²) in [6.45, 7) is 9.72. The second-order valence-corrected chi connectivity index (χ2v) is 8.87. The smallest absolute Gasteiger partial charge is 0.329 e. The van der Waals surface area contributed by atoms with Gasteiger partial charge in [0.15, 0.2) is 0 Å². The van der Waals surface area contributed by atoms with Crippen LogP contribution in [0.15, 0.2) is 47.3 Å². The second-order valence-electron chi connectivity index (χ2n) is 8.87. The number of carbonyl (C=O) groups excluding carboxylic acids is 2. The number of hydrogen-bond donors (Lipinski definition) is 1. The molecule has 2 amide bonds. The van der Waals surface area contributed by atoms with Crippen molar-refractivity contribution < 1.29 is 9.59 Å². The van der Waals surface area contributed by atoms with Crippen molar-refractivity contribution in [3.63, 3.8) is 0 Å². The van der Waals surface area contributed by atoms with Gasteiger partial charge in [0.1, 0.15) is 0 Å². The Morgan fingerprint density at radius 1 is 0.912 bits per heavy atom. The number of benzene rings is 2. The highest BCUT2D eigenvalue weighted by Crippen LogP contribution is 2.18. The molecule has 1 aromatic heterocycles. The predicted molar refractivity (Wildman–Crippen MR) is 134 cm³/mol. The Balaban J connectivity index is 1.28. The molecule has 4 rings (SSSR count). The first-order valence-electron chi connectivity index (χ1n) is 11.9. The van der Waals surface area contributed by atoms with Gasteiger partial charge in [-0.1, -0.05) is 24.3 Å². The molecule has 1 aliphatic heterocycles. The van der Waals surface area contributed by atoms with E-state index in [1.807, 2.05) is 68.1 Å². The zero-order valence-electron chi connectivity index (χ0n) is 20.2. The van der Waals surface area contributed by atoms with Crippen molar-refractivity contribution in [2.45, 2.75) is 40.3 Å². The number of rotatable bonds is 7. The van der Waals surface area contributed by atoms with E-state index in [9.17, 15) is 14.4 Å². The van der Waals surface area contributed by atoms with Crippen LogP contribution in [0.2, 0.25) is 0 Å². The molecule has 1 N–H and O–H groups in total. The normalized spacial score (nSPS) is 14.5. The molecular formula is C26H33N5O3. The molecule has 34 heavy (non-hydrogen) atoms. The fraction of sp³-hybridized carbons (Fsp3) is 0.423. The molecule has 8 nitrogen and oxygen atoms in total. The van der Waals surface area contributed by atoms with Crippen molar-refractivity contribution in [2.24, 2.45) is 0 Å². The van der Waals surface area contributed by atoms with E-state index in [0.717, 1.165) is 27.8 Å². The van der Waals surface area contributed by atoms with E-state index < -0.39 is 0 Å². The number of para-hydroxylation sites is 2. The molecule has 2 heterocycles. The van der Waals surface area contributed by atoms with Gasteiger partial charge in [0.2, 0.25) is 11.8 Å². The highest BCUT2D eigenvalue weighted by atomic mass is 16.2. The van der Waals surface area contributed by atoms with Gasteiger partial charge in [-0.3, -0.25) is 23.6 Å². The third-order valence-electron chi connectivity index (χ3n) is 6.76. The van der Waals surface area contributed by atoms with Crippen LogP contribution in [0.5, 0.6) is 0 Å². The lowest BCUT2D eigenvalue weighted by molar-refractivity contribution is -0.133. The van der Waals surface area contributed by atoms with E-state index in [0.29, 0.717) is 45.8 Å². The van der Waals surface area contributed by atoms with Crippen molar-refractivity contribution in [1.82, 2.24) is 18.9 Å². The maximum Gasteiger partial charge on any atom is 0.329 e. The summed E-state index contributed by atoms with van der Waals surface area (Å²) in [5, 5.41) is 3.00. The van der Waals surface area contributed by atoms with E-state index in [1.165, 1.54) is 0 Å². The van der Waals surface area contributed by atoms with Crippen molar-refractivity contribution in [3.8, 4) is 0 Å². The number of amides is 2. The lowest BCUT2D eigenvalue weighted by atomic mass is 10.1. The molecule has 8 heteroatoms. The molecule has 1 saturated heterocycles. The SMILES string of the molecule is CCn1c(=O)n(CCC(=O)N2CCN(CC(=O)Nc3cccc(C)c3C)CC2)c2ccccc21. The second kappa shape index (κ2) is 10.3. The molecule has 2 aromatic carbocycles. The molecule has 3 aromatic rings. The van der Waals surface area contributed by atoms with Crippen molar-refractivity contribution >= 4 is 28.5 Å². The van der Waals surface area contributed by atoms with Crippen molar-refractivity contribution in [1.29, 1.82) is 0 Å². The van der Waals surface area contributed by atoms with E-state index in [4.69, 9.17) is 0 Å². The monoisotopic (exact) mass is 463 g/mol. The van der Waals surface area contributed by atoms with Crippen molar-refractivity contribution in [3.05, 3.63) is 64.1 Å². The van der Waals surface area contributed by atoms with E-state index >= 15 is 0 Å². The molecule has 0 aliphatic carbocycles. The Labute approximate surface area is 199 Å². The van der Waals surface area contributed by atoms with Gasteiger partial charge < -0.3 is 10.2 Å². The van der Waals surface area contributed by atoms with E-state index in [2.05, 4.69) is 10.2 Å². The summed E-state index contributed by atoms with van der Waals surface area (Å²) in [7, 11) is 0. The number of aromatic nitrogens is 2. The molecule has 0 saturated carbocycles. The van der Waals surface area contributed by atoms with E-state index in [-0.39, 0.29) is 23.9 Å². The average Bonchev–Trinajstić information content (AvgIpc) is 3.11. The summed E-state index contributed by atoms with van der Waals surface area (Å²) >= 11 is 0. The number of hydrogen-bond acceptors (Lipinski definition) is 4. The van der Waals surface area contributed by atoms with Gasteiger partial charge in [-0.2, -0.15) is 0 Å². The van der Waals surface area contributed by atoms with Crippen LogP contribution in [-0.2, 0) is 22.7 Å². The summed E-state index contributed by atoms with van der Waals surface area (Å²) in [5.41, 5.74) is 4.76. The Kier molecular flexibility index (Phi) is 7.17. The zero-order chi connectivity index (χ0) is 24.2.